The highest BCUT2D eigenvalue weighted by molar-refractivity contribution is 7.90. The molecule has 1 heterocycles. The van der Waals surface area contributed by atoms with Crippen molar-refractivity contribution in [1.29, 1.82) is 0 Å². The van der Waals surface area contributed by atoms with Gasteiger partial charge in [-0.15, -0.1) is 11.3 Å². The monoisotopic (exact) mass is 391 g/mol. The second-order valence-corrected chi connectivity index (χ2v) is 8.76. The number of hydrogen-bond donors (Lipinski definition) is 1. The van der Waals surface area contributed by atoms with Crippen molar-refractivity contribution >= 4 is 27.1 Å². The van der Waals surface area contributed by atoms with E-state index in [1.165, 1.54) is 35.6 Å². The summed E-state index contributed by atoms with van der Waals surface area (Å²) in [5.41, 5.74) is 1.91. The van der Waals surface area contributed by atoms with Crippen molar-refractivity contribution in [2.75, 3.05) is 6.26 Å². The first-order valence-corrected chi connectivity index (χ1v) is 10.2. The third-order valence-electron chi connectivity index (χ3n) is 3.64. The average Bonchev–Trinajstić information content (AvgIpc) is 2.98. The summed E-state index contributed by atoms with van der Waals surface area (Å²) >= 11 is 1.22. The number of aliphatic carboxylic acids is 1. The van der Waals surface area contributed by atoms with E-state index in [1.54, 1.807) is 24.3 Å². The van der Waals surface area contributed by atoms with Gasteiger partial charge in [0.1, 0.15) is 10.8 Å². The largest absolute Gasteiger partial charge is 0.481 e. The van der Waals surface area contributed by atoms with Crippen LogP contribution in [0.2, 0.25) is 0 Å². The number of hydrogen-bond acceptors (Lipinski definition) is 5. The third-order valence-corrected chi connectivity index (χ3v) is 5.87. The molecule has 0 atom stereocenters. The molecule has 26 heavy (non-hydrogen) atoms. The lowest BCUT2D eigenvalue weighted by molar-refractivity contribution is -0.136. The summed E-state index contributed by atoms with van der Waals surface area (Å²) in [5.74, 6) is -1.37. The first kappa shape index (κ1) is 18.2. The quantitative estimate of drug-likeness (QED) is 0.718. The molecule has 3 rings (SSSR count). The highest BCUT2D eigenvalue weighted by Gasteiger charge is 2.17. The van der Waals surface area contributed by atoms with Crippen LogP contribution in [0.4, 0.5) is 4.39 Å². The summed E-state index contributed by atoms with van der Waals surface area (Å²) in [6.45, 7) is 0. The Labute approximate surface area is 153 Å². The lowest BCUT2D eigenvalue weighted by Gasteiger charge is -2.04. The fourth-order valence-electron chi connectivity index (χ4n) is 2.42. The van der Waals surface area contributed by atoms with Crippen LogP contribution >= 0.6 is 11.3 Å². The Hall–Kier alpha value is -2.58. The van der Waals surface area contributed by atoms with Crippen molar-refractivity contribution in [1.82, 2.24) is 4.98 Å². The van der Waals surface area contributed by atoms with Gasteiger partial charge in [0.05, 0.1) is 21.9 Å². The zero-order valence-corrected chi connectivity index (χ0v) is 15.3. The molecule has 1 N–H and O–H groups in total. The van der Waals surface area contributed by atoms with Gasteiger partial charge < -0.3 is 5.11 Å². The third kappa shape index (κ3) is 3.97. The van der Waals surface area contributed by atoms with Crippen LogP contribution in [0.25, 0.3) is 21.7 Å². The van der Waals surface area contributed by atoms with E-state index < -0.39 is 15.8 Å². The molecule has 0 aliphatic heterocycles. The number of thiazole rings is 1. The Morgan fingerprint density at radius 1 is 1.08 bits per heavy atom. The lowest BCUT2D eigenvalue weighted by atomic mass is 10.1. The first-order valence-electron chi connectivity index (χ1n) is 7.52. The van der Waals surface area contributed by atoms with Gasteiger partial charge in [0.2, 0.25) is 0 Å². The molecule has 0 radical (unpaired) electrons. The molecule has 0 aliphatic carbocycles. The van der Waals surface area contributed by atoms with Crippen molar-refractivity contribution in [3.8, 4) is 21.7 Å². The van der Waals surface area contributed by atoms with Crippen molar-refractivity contribution in [3.63, 3.8) is 0 Å². The summed E-state index contributed by atoms with van der Waals surface area (Å²) in [4.78, 5) is 16.3. The minimum absolute atomic E-state index is 0.186. The molecule has 0 fully saturated rings. The molecule has 0 aliphatic rings. The number of carbonyl (C=O) groups is 1. The Bertz CT molecular complexity index is 1060. The topological polar surface area (TPSA) is 84.3 Å². The summed E-state index contributed by atoms with van der Waals surface area (Å²) in [7, 11) is -3.32. The normalized spacial score (nSPS) is 11.5. The Kier molecular flexibility index (Phi) is 4.88. The van der Waals surface area contributed by atoms with E-state index in [-0.39, 0.29) is 17.1 Å². The summed E-state index contributed by atoms with van der Waals surface area (Å²) in [6.07, 6.45) is 0.903. The van der Waals surface area contributed by atoms with Crippen molar-refractivity contribution in [3.05, 3.63) is 59.4 Å². The van der Waals surface area contributed by atoms with Crippen LogP contribution in [-0.2, 0) is 21.1 Å². The zero-order chi connectivity index (χ0) is 18.9. The number of carboxylic acids is 1. The number of nitrogens with zero attached hydrogens (tertiary/aromatic N) is 1. The second-order valence-electron chi connectivity index (χ2n) is 5.66. The fraction of sp³-hybridized carbons (Fsp3) is 0.111. The highest BCUT2D eigenvalue weighted by Crippen LogP contribution is 2.37. The molecule has 0 amide bonds. The molecule has 1 aromatic heterocycles. The smallest absolute Gasteiger partial charge is 0.310 e. The van der Waals surface area contributed by atoms with Gasteiger partial charge in [-0.2, -0.15) is 0 Å². The van der Waals surface area contributed by atoms with E-state index in [9.17, 15) is 17.6 Å². The SMILES string of the molecule is CS(=O)(=O)c1ccc(-c2nc(CC(=O)O)sc2-c2ccc(F)cc2)cc1. The predicted molar refractivity (Wildman–Crippen MR) is 97.4 cm³/mol. The molecule has 0 bridgehead atoms. The van der Waals surface area contributed by atoms with E-state index in [1.807, 2.05) is 0 Å². The van der Waals surface area contributed by atoms with Gasteiger partial charge in [-0.25, -0.2) is 17.8 Å². The van der Waals surface area contributed by atoms with Gasteiger partial charge in [-0.1, -0.05) is 24.3 Å². The van der Waals surface area contributed by atoms with Gasteiger partial charge in [0.25, 0.3) is 0 Å². The predicted octanol–water partition coefficient (Wildman–Crippen LogP) is 3.65. The van der Waals surface area contributed by atoms with E-state index in [0.717, 1.165) is 6.26 Å². The Balaban J connectivity index is 2.11. The molecule has 134 valence electrons. The summed E-state index contributed by atoms with van der Waals surface area (Å²) in [6, 6.07) is 12.1. The molecular weight excluding hydrogens is 377 g/mol. The van der Waals surface area contributed by atoms with Gasteiger partial charge in [-0.3, -0.25) is 4.79 Å². The molecule has 0 spiro atoms. The van der Waals surface area contributed by atoms with Gasteiger partial charge in [-0.05, 0) is 29.8 Å². The number of sulfone groups is 1. The number of rotatable bonds is 5. The number of halogens is 1. The van der Waals surface area contributed by atoms with Crippen LogP contribution < -0.4 is 0 Å². The fourth-order valence-corrected chi connectivity index (χ4v) is 4.13. The van der Waals surface area contributed by atoms with E-state index >= 15 is 0 Å². The minimum Gasteiger partial charge on any atom is -0.481 e. The van der Waals surface area contributed by atoms with Gasteiger partial charge >= 0.3 is 5.97 Å². The molecular formula is C18H14FNO4S2. The van der Waals surface area contributed by atoms with Crippen LogP contribution in [0, 0.1) is 5.82 Å². The van der Waals surface area contributed by atoms with Crippen LogP contribution in [0.15, 0.2) is 53.4 Å². The minimum atomic E-state index is -3.32. The maximum atomic E-state index is 13.2. The van der Waals surface area contributed by atoms with E-state index in [4.69, 9.17) is 5.11 Å². The number of aromatic nitrogens is 1. The lowest BCUT2D eigenvalue weighted by Crippen LogP contribution is -1.99. The maximum absolute atomic E-state index is 13.2. The molecule has 2 aromatic carbocycles. The maximum Gasteiger partial charge on any atom is 0.310 e. The standard InChI is InChI=1S/C18H14FNO4S2/c1-26(23,24)14-8-4-11(5-9-14)17-18(12-2-6-13(19)7-3-12)25-15(20-17)10-16(21)22/h2-9H,10H2,1H3,(H,21,22). The van der Waals surface area contributed by atoms with Crippen LogP contribution in [0.1, 0.15) is 5.01 Å². The average molecular weight is 391 g/mol. The zero-order valence-electron chi connectivity index (χ0n) is 13.6. The van der Waals surface area contributed by atoms with Crippen LogP contribution in [0.3, 0.4) is 0 Å². The van der Waals surface area contributed by atoms with Crippen molar-refractivity contribution < 1.29 is 22.7 Å². The van der Waals surface area contributed by atoms with Gasteiger partial charge in [0, 0.05) is 11.8 Å². The number of benzene rings is 2. The first-order chi connectivity index (χ1) is 12.2. The molecule has 8 heteroatoms. The molecule has 0 unspecified atom stereocenters. The Morgan fingerprint density at radius 3 is 2.19 bits per heavy atom. The van der Waals surface area contributed by atoms with E-state index in [2.05, 4.69) is 4.98 Å². The van der Waals surface area contributed by atoms with Gasteiger partial charge in [0.15, 0.2) is 9.84 Å². The molecule has 3 aromatic rings. The Morgan fingerprint density at radius 2 is 1.65 bits per heavy atom. The molecule has 5 nitrogen and oxygen atoms in total. The van der Waals surface area contributed by atoms with Crippen LogP contribution in [0.5, 0.6) is 0 Å². The molecule has 0 saturated heterocycles. The second kappa shape index (κ2) is 6.97. The van der Waals surface area contributed by atoms with Crippen molar-refractivity contribution in [2.24, 2.45) is 0 Å². The summed E-state index contributed by atoms with van der Waals surface area (Å²) in [5, 5.41) is 9.44. The van der Waals surface area contributed by atoms with E-state index in [0.29, 0.717) is 26.7 Å². The van der Waals surface area contributed by atoms with Crippen molar-refractivity contribution in [2.45, 2.75) is 11.3 Å². The summed E-state index contributed by atoms with van der Waals surface area (Å²) < 4.78 is 36.4. The molecule has 0 saturated carbocycles. The van der Waals surface area contributed by atoms with Crippen LogP contribution in [-0.4, -0.2) is 30.7 Å². The highest BCUT2D eigenvalue weighted by atomic mass is 32.2. The number of carboxylic acid groups (broad SMARTS) is 1.